The summed E-state index contributed by atoms with van der Waals surface area (Å²) >= 11 is 0. The fourth-order valence-corrected chi connectivity index (χ4v) is 2.05. The number of ether oxygens (including phenoxy) is 1. The normalized spacial score (nSPS) is 12.0. The van der Waals surface area contributed by atoms with Gasteiger partial charge in [-0.3, -0.25) is 0 Å². The molecule has 0 amide bonds. The number of aryl methyl sites for hydroxylation is 2. The Morgan fingerprint density at radius 2 is 2.00 bits per heavy atom. The first-order valence-corrected chi connectivity index (χ1v) is 6.53. The zero-order chi connectivity index (χ0) is 14.7. The molecule has 1 aromatic heterocycles. The van der Waals surface area contributed by atoms with Crippen LogP contribution >= 0.6 is 0 Å². The first kappa shape index (κ1) is 14.2. The molecule has 1 heterocycles. The van der Waals surface area contributed by atoms with E-state index in [0.29, 0.717) is 5.56 Å². The molecule has 4 heteroatoms. The molecule has 2 aromatic rings. The molecule has 20 heavy (non-hydrogen) atoms. The van der Waals surface area contributed by atoms with Crippen molar-refractivity contribution < 1.29 is 13.9 Å². The van der Waals surface area contributed by atoms with Gasteiger partial charge in [-0.1, -0.05) is 11.6 Å². The number of rotatable bonds is 4. The fraction of sp³-hybridized carbons (Fsp3) is 0.312. The maximum Gasteiger partial charge on any atom is 0.339 e. The second kappa shape index (κ2) is 5.82. The van der Waals surface area contributed by atoms with E-state index in [4.69, 9.17) is 9.15 Å². The zero-order valence-corrected chi connectivity index (χ0v) is 12.2. The van der Waals surface area contributed by atoms with Crippen molar-refractivity contribution in [1.29, 1.82) is 0 Å². The second-order valence-corrected chi connectivity index (χ2v) is 4.86. The highest BCUT2D eigenvalue weighted by molar-refractivity contribution is 5.95. The van der Waals surface area contributed by atoms with Gasteiger partial charge in [0.1, 0.15) is 11.5 Å². The third kappa shape index (κ3) is 3.02. The van der Waals surface area contributed by atoms with Crippen molar-refractivity contribution in [1.82, 2.24) is 0 Å². The van der Waals surface area contributed by atoms with Gasteiger partial charge in [0.15, 0.2) is 0 Å². The summed E-state index contributed by atoms with van der Waals surface area (Å²) < 4.78 is 10.4. The van der Waals surface area contributed by atoms with E-state index in [1.54, 1.807) is 0 Å². The van der Waals surface area contributed by atoms with Crippen molar-refractivity contribution in [3.63, 3.8) is 0 Å². The van der Waals surface area contributed by atoms with Gasteiger partial charge in [-0.05, 0) is 45.0 Å². The number of carbonyl (C=O) groups is 1. The number of anilines is 1. The Hall–Kier alpha value is -2.23. The Labute approximate surface area is 118 Å². The molecule has 1 N–H and O–H groups in total. The molecule has 0 aliphatic carbocycles. The molecule has 0 fully saturated rings. The second-order valence-electron chi connectivity index (χ2n) is 4.86. The fourth-order valence-electron chi connectivity index (χ4n) is 2.05. The lowest BCUT2D eigenvalue weighted by Gasteiger charge is -2.16. The highest BCUT2D eigenvalue weighted by atomic mass is 16.5. The summed E-state index contributed by atoms with van der Waals surface area (Å²) in [5.41, 5.74) is 2.28. The minimum atomic E-state index is -0.348. The lowest BCUT2D eigenvalue weighted by molar-refractivity contribution is 0.0601. The van der Waals surface area contributed by atoms with Crippen LogP contribution in [0, 0.1) is 13.8 Å². The van der Waals surface area contributed by atoms with Crippen LogP contribution in [-0.2, 0) is 4.74 Å². The Kier molecular flexibility index (Phi) is 4.13. The van der Waals surface area contributed by atoms with Gasteiger partial charge in [-0.15, -0.1) is 0 Å². The SMILES string of the molecule is COC(=O)c1cc(C)ccc1NC(C)c1ccc(C)o1. The van der Waals surface area contributed by atoms with E-state index < -0.39 is 0 Å². The molecule has 0 aliphatic heterocycles. The number of carbonyl (C=O) groups excluding carboxylic acids is 1. The van der Waals surface area contributed by atoms with Gasteiger partial charge in [0.2, 0.25) is 0 Å². The van der Waals surface area contributed by atoms with Gasteiger partial charge >= 0.3 is 5.97 Å². The van der Waals surface area contributed by atoms with E-state index in [9.17, 15) is 4.79 Å². The largest absolute Gasteiger partial charge is 0.465 e. The topological polar surface area (TPSA) is 51.5 Å². The van der Waals surface area contributed by atoms with Crippen molar-refractivity contribution in [3.05, 3.63) is 53.0 Å². The van der Waals surface area contributed by atoms with E-state index in [0.717, 1.165) is 22.8 Å². The van der Waals surface area contributed by atoms with E-state index in [1.807, 2.05) is 51.1 Å². The van der Waals surface area contributed by atoms with Crippen LogP contribution < -0.4 is 5.32 Å². The standard InChI is InChI=1S/C16H19NO3/c1-10-5-7-14(13(9-10)16(18)19-4)17-12(3)15-8-6-11(2)20-15/h5-9,12,17H,1-4H3. The van der Waals surface area contributed by atoms with Gasteiger partial charge < -0.3 is 14.5 Å². The number of hydrogen-bond donors (Lipinski definition) is 1. The van der Waals surface area contributed by atoms with Crippen molar-refractivity contribution >= 4 is 11.7 Å². The lowest BCUT2D eigenvalue weighted by atomic mass is 10.1. The number of esters is 1. The van der Waals surface area contributed by atoms with E-state index in [2.05, 4.69) is 5.32 Å². The average Bonchev–Trinajstić information content (AvgIpc) is 2.86. The van der Waals surface area contributed by atoms with Crippen LogP contribution in [-0.4, -0.2) is 13.1 Å². The quantitative estimate of drug-likeness (QED) is 0.859. The molecule has 1 atom stereocenters. The molecular weight excluding hydrogens is 254 g/mol. The van der Waals surface area contributed by atoms with Crippen LogP contribution in [0.2, 0.25) is 0 Å². The molecule has 0 radical (unpaired) electrons. The summed E-state index contributed by atoms with van der Waals surface area (Å²) in [5.74, 6) is 1.35. The Balaban J connectivity index is 2.26. The molecule has 4 nitrogen and oxygen atoms in total. The van der Waals surface area contributed by atoms with Crippen LogP contribution in [0.15, 0.2) is 34.7 Å². The van der Waals surface area contributed by atoms with Gasteiger partial charge in [0.25, 0.3) is 0 Å². The van der Waals surface area contributed by atoms with Gasteiger partial charge in [-0.25, -0.2) is 4.79 Å². The summed E-state index contributed by atoms with van der Waals surface area (Å²) in [4.78, 5) is 11.8. The maximum absolute atomic E-state index is 11.8. The van der Waals surface area contributed by atoms with Gasteiger partial charge in [0, 0.05) is 5.69 Å². The van der Waals surface area contributed by atoms with Crippen LogP contribution in [0.4, 0.5) is 5.69 Å². The molecule has 0 saturated carbocycles. The highest BCUT2D eigenvalue weighted by Gasteiger charge is 2.16. The van der Waals surface area contributed by atoms with Gasteiger partial charge in [0.05, 0.1) is 18.7 Å². The third-order valence-corrected chi connectivity index (χ3v) is 3.14. The molecule has 0 spiro atoms. The van der Waals surface area contributed by atoms with Gasteiger partial charge in [-0.2, -0.15) is 0 Å². The van der Waals surface area contributed by atoms with Crippen molar-refractivity contribution in [2.45, 2.75) is 26.8 Å². The lowest BCUT2D eigenvalue weighted by Crippen LogP contribution is -2.11. The van der Waals surface area contributed by atoms with E-state index in [-0.39, 0.29) is 12.0 Å². The number of benzene rings is 1. The van der Waals surface area contributed by atoms with Crippen molar-refractivity contribution in [2.24, 2.45) is 0 Å². The molecule has 106 valence electrons. The van der Waals surface area contributed by atoms with Crippen LogP contribution in [0.1, 0.15) is 40.4 Å². The molecule has 0 bridgehead atoms. The first-order chi connectivity index (χ1) is 9.51. The van der Waals surface area contributed by atoms with Crippen LogP contribution in [0.3, 0.4) is 0 Å². The van der Waals surface area contributed by atoms with E-state index >= 15 is 0 Å². The Bertz CT molecular complexity index is 616. The molecule has 2 rings (SSSR count). The number of furan rings is 1. The third-order valence-electron chi connectivity index (χ3n) is 3.14. The molecule has 0 saturated heterocycles. The monoisotopic (exact) mass is 273 g/mol. The number of methoxy groups -OCH3 is 1. The summed E-state index contributed by atoms with van der Waals surface area (Å²) in [6, 6.07) is 9.47. The van der Waals surface area contributed by atoms with Crippen molar-refractivity contribution in [2.75, 3.05) is 12.4 Å². The number of hydrogen-bond acceptors (Lipinski definition) is 4. The predicted octanol–water partition coefficient (Wildman–Crippen LogP) is 3.86. The summed E-state index contributed by atoms with van der Waals surface area (Å²) in [7, 11) is 1.38. The summed E-state index contributed by atoms with van der Waals surface area (Å²) in [6.07, 6.45) is 0. The predicted molar refractivity (Wildman–Crippen MR) is 78.0 cm³/mol. The van der Waals surface area contributed by atoms with Crippen molar-refractivity contribution in [3.8, 4) is 0 Å². The highest BCUT2D eigenvalue weighted by Crippen LogP contribution is 2.25. The molecule has 1 aromatic carbocycles. The zero-order valence-electron chi connectivity index (χ0n) is 12.2. The molecule has 0 aliphatic rings. The first-order valence-electron chi connectivity index (χ1n) is 6.53. The minimum absolute atomic E-state index is 0.0326. The average molecular weight is 273 g/mol. The summed E-state index contributed by atoms with van der Waals surface area (Å²) in [6.45, 7) is 5.83. The Morgan fingerprint density at radius 3 is 2.60 bits per heavy atom. The summed E-state index contributed by atoms with van der Waals surface area (Å²) in [5, 5.41) is 3.29. The number of nitrogens with one attached hydrogen (secondary N) is 1. The Morgan fingerprint density at radius 1 is 1.25 bits per heavy atom. The maximum atomic E-state index is 11.8. The van der Waals surface area contributed by atoms with E-state index in [1.165, 1.54) is 7.11 Å². The minimum Gasteiger partial charge on any atom is -0.465 e. The van der Waals surface area contributed by atoms with Crippen LogP contribution in [0.5, 0.6) is 0 Å². The smallest absolute Gasteiger partial charge is 0.339 e. The van der Waals surface area contributed by atoms with Crippen LogP contribution in [0.25, 0.3) is 0 Å². The molecular formula is C16H19NO3. The molecule has 1 unspecified atom stereocenters.